The maximum absolute atomic E-state index is 12.6. The fourth-order valence-corrected chi connectivity index (χ4v) is 3.40. The van der Waals surface area contributed by atoms with E-state index in [4.69, 9.17) is 0 Å². The second-order valence-corrected chi connectivity index (χ2v) is 6.46. The van der Waals surface area contributed by atoms with Gasteiger partial charge in [-0.3, -0.25) is 9.88 Å². The second-order valence-electron chi connectivity index (χ2n) is 6.46. The predicted molar refractivity (Wildman–Crippen MR) is 99.0 cm³/mol. The molecule has 0 unspecified atom stereocenters. The van der Waals surface area contributed by atoms with Crippen molar-refractivity contribution in [2.24, 2.45) is 0 Å². The minimum atomic E-state index is 0.0193. The molecule has 0 aliphatic carbocycles. The molecule has 1 aliphatic heterocycles. The lowest BCUT2D eigenvalue weighted by molar-refractivity contribution is 0.176. The molecule has 25 heavy (non-hydrogen) atoms. The van der Waals surface area contributed by atoms with Crippen LogP contribution in [0.25, 0.3) is 0 Å². The average molecular weight is 338 g/mol. The van der Waals surface area contributed by atoms with Crippen LogP contribution in [-0.2, 0) is 13.1 Å². The zero-order valence-electron chi connectivity index (χ0n) is 14.8. The van der Waals surface area contributed by atoms with Crippen LogP contribution in [0.3, 0.4) is 0 Å². The fourth-order valence-electron chi connectivity index (χ4n) is 3.40. The SMILES string of the molecule is CCN(C(=O)NCc1ccncc1)[C@@H]1CCN(Cc2ccccc2)C1. The summed E-state index contributed by atoms with van der Waals surface area (Å²) >= 11 is 0. The molecule has 2 amide bonds. The first-order valence-electron chi connectivity index (χ1n) is 8.96. The van der Waals surface area contributed by atoms with Gasteiger partial charge in [0.15, 0.2) is 0 Å². The lowest BCUT2D eigenvalue weighted by atomic mass is 10.2. The number of pyridine rings is 1. The number of benzene rings is 1. The third kappa shape index (κ3) is 4.79. The number of likely N-dealkylation sites (tertiary alicyclic amines) is 1. The second kappa shape index (κ2) is 8.62. The summed E-state index contributed by atoms with van der Waals surface area (Å²) in [4.78, 5) is 21.0. The zero-order valence-corrected chi connectivity index (χ0v) is 14.8. The minimum Gasteiger partial charge on any atom is -0.334 e. The molecule has 2 aromatic rings. The van der Waals surface area contributed by atoms with E-state index in [0.29, 0.717) is 6.54 Å². The Bertz CT molecular complexity index is 662. The molecule has 1 atom stereocenters. The van der Waals surface area contributed by atoms with E-state index in [1.165, 1.54) is 5.56 Å². The summed E-state index contributed by atoms with van der Waals surface area (Å²) in [6, 6.07) is 14.7. The van der Waals surface area contributed by atoms with Gasteiger partial charge in [-0.25, -0.2) is 4.79 Å². The number of nitrogens with one attached hydrogen (secondary N) is 1. The maximum Gasteiger partial charge on any atom is 0.317 e. The van der Waals surface area contributed by atoms with E-state index in [1.807, 2.05) is 30.0 Å². The molecular weight excluding hydrogens is 312 g/mol. The van der Waals surface area contributed by atoms with Gasteiger partial charge in [-0.05, 0) is 36.6 Å². The molecule has 5 nitrogen and oxygen atoms in total. The third-order valence-electron chi connectivity index (χ3n) is 4.73. The van der Waals surface area contributed by atoms with E-state index in [9.17, 15) is 4.79 Å². The first-order chi connectivity index (χ1) is 12.3. The third-order valence-corrected chi connectivity index (χ3v) is 4.73. The van der Waals surface area contributed by atoms with Crippen molar-refractivity contribution in [2.75, 3.05) is 19.6 Å². The summed E-state index contributed by atoms with van der Waals surface area (Å²) in [5, 5.41) is 3.03. The number of carbonyl (C=O) groups excluding carboxylic acids is 1. The van der Waals surface area contributed by atoms with Gasteiger partial charge in [-0.1, -0.05) is 30.3 Å². The number of carbonyl (C=O) groups is 1. The molecule has 2 heterocycles. The Labute approximate surface area is 149 Å². The van der Waals surface area contributed by atoms with Crippen LogP contribution in [0.1, 0.15) is 24.5 Å². The summed E-state index contributed by atoms with van der Waals surface area (Å²) in [7, 11) is 0. The first kappa shape index (κ1) is 17.4. The van der Waals surface area contributed by atoms with Gasteiger partial charge in [0.05, 0.1) is 0 Å². The fraction of sp³-hybridized carbons (Fsp3) is 0.400. The van der Waals surface area contributed by atoms with Crippen LogP contribution in [0.2, 0.25) is 0 Å². The number of nitrogens with zero attached hydrogens (tertiary/aromatic N) is 3. The zero-order chi connectivity index (χ0) is 17.5. The van der Waals surface area contributed by atoms with Crippen molar-refractivity contribution >= 4 is 6.03 Å². The number of amides is 2. The molecular formula is C20H26N4O. The van der Waals surface area contributed by atoms with Gasteiger partial charge < -0.3 is 10.2 Å². The molecule has 1 aliphatic rings. The van der Waals surface area contributed by atoms with Crippen LogP contribution in [0.5, 0.6) is 0 Å². The van der Waals surface area contributed by atoms with E-state index in [1.54, 1.807) is 12.4 Å². The average Bonchev–Trinajstić information content (AvgIpc) is 3.10. The van der Waals surface area contributed by atoms with Gasteiger partial charge >= 0.3 is 6.03 Å². The molecule has 5 heteroatoms. The van der Waals surface area contributed by atoms with Gasteiger partial charge in [-0.2, -0.15) is 0 Å². The van der Waals surface area contributed by atoms with E-state index in [0.717, 1.165) is 38.2 Å². The predicted octanol–water partition coefficient (Wildman–Crippen LogP) is 2.89. The van der Waals surface area contributed by atoms with Crippen molar-refractivity contribution in [2.45, 2.75) is 32.5 Å². The Morgan fingerprint density at radius 2 is 1.96 bits per heavy atom. The lowest BCUT2D eigenvalue weighted by Crippen LogP contribution is -2.46. The van der Waals surface area contributed by atoms with E-state index >= 15 is 0 Å². The summed E-state index contributed by atoms with van der Waals surface area (Å²) in [5.74, 6) is 0. The van der Waals surface area contributed by atoms with E-state index < -0.39 is 0 Å². The highest BCUT2D eigenvalue weighted by atomic mass is 16.2. The standard InChI is InChI=1S/C20H26N4O/c1-2-24(20(25)22-14-17-8-11-21-12-9-17)19-10-13-23(16-19)15-18-6-4-3-5-7-18/h3-9,11-12,19H,2,10,13-16H2,1H3,(H,22,25)/t19-/m1/s1. The Hall–Kier alpha value is -2.40. The first-order valence-corrected chi connectivity index (χ1v) is 8.96. The normalized spacial score (nSPS) is 17.4. The Morgan fingerprint density at radius 3 is 2.68 bits per heavy atom. The molecule has 132 valence electrons. The van der Waals surface area contributed by atoms with Crippen LogP contribution in [0.4, 0.5) is 4.79 Å². The maximum atomic E-state index is 12.6. The van der Waals surface area contributed by atoms with Crippen LogP contribution in [0.15, 0.2) is 54.9 Å². The number of aromatic nitrogens is 1. The monoisotopic (exact) mass is 338 g/mol. The van der Waals surface area contributed by atoms with Gasteiger partial charge in [0, 0.05) is 51.2 Å². The number of hydrogen-bond acceptors (Lipinski definition) is 3. The summed E-state index contributed by atoms with van der Waals surface area (Å²) in [6.07, 6.45) is 4.53. The number of urea groups is 1. The van der Waals surface area contributed by atoms with Crippen molar-refractivity contribution in [1.29, 1.82) is 0 Å². The highest BCUT2D eigenvalue weighted by molar-refractivity contribution is 5.74. The van der Waals surface area contributed by atoms with Crippen LogP contribution in [0, 0.1) is 0 Å². The summed E-state index contributed by atoms with van der Waals surface area (Å²) in [5.41, 5.74) is 2.39. The molecule has 1 saturated heterocycles. The largest absolute Gasteiger partial charge is 0.334 e. The molecule has 0 bridgehead atoms. The lowest BCUT2D eigenvalue weighted by Gasteiger charge is -2.28. The molecule has 1 N–H and O–H groups in total. The van der Waals surface area contributed by atoms with E-state index in [-0.39, 0.29) is 12.1 Å². The Balaban J connectivity index is 1.51. The topological polar surface area (TPSA) is 48.5 Å². The molecule has 3 rings (SSSR count). The van der Waals surface area contributed by atoms with E-state index in [2.05, 4.69) is 39.5 Å². The van der Waals surface area contributed by atoms with Gasteiger partial charge in [0.1, 0.15) is 0 Å². The molecule has 1 aromatic carbocycles. The highest BCUT2D eigenvalue weighted by Crippen LogP contribution is 2.18. The summed E-state index contributed by atoms with van der Waals surface area (Å²) in [6.45, 7) is 6.24. The van der Waals surface area contributed by atoms with Crippen LogP contribution >= 0.6 is 0 Å². The molecule has 0 spiro atoms. The number of rotatable bonds is 6. The van der Waals surface area contributed by atoms with Crippen molar-refractivity contribution in [1.82, 2.24) is 20.1 Å². The van der Waals surface area contributed by atoms with Crippen molar-refractivity contribution < 1.29 is 4.79 Å². The molecule has 1 aromatic heterocycles. The minimum absolute atomic E-state index is 0.0193. The molecule has 0 saturated carbocycles. The molecule has 1 fully saturated rings. The number of likely N-dealkylation sites (N-methyl/N-ethyl adjacent to an activating group) is 1. The van der Waals surface area contributed by atoms with Crippen LogP contribution < -0.4 is 5.32 Å². The van der Waals surface area contributed by atoms with Gasteiger partial charge in [0.25, 0.3) is 0 Å². The number of hydrogen-bond donors (Lipinski definition) is 1. The summed E-state index contributed by atoms with van der Waals surface area (Å²) < 4.78 is 0. The Morgan fingerprint density at radius 1 is 1.20 bits per heavy atom. The van der Waals surface area contributed by atoms with Crippen molar-refractivity contribution in [3.8, 4) is 0 Å². The quantitative estimate of drug-likeness (QED) is 0.881. The van der Waals surface area contributed by atoms with Gasteiger partial charge in [0.2, 0.25) is 0 Å². The Kier molecular flexibility index (Phi) is 6.01. The molecule has 0 radical (unpaired) electrons. The highest BCUT2D eigenvalue weighted by Gasteiger charge is 2.29. The van der Waals surface area contributed by atoms with Gasteiger partial charge in [-0.15, -0.1) is 0 Å². The van der Waals surface area contributed by atoms with Crippen molar-refractivity contribution in [3.05, 3.63) is 66.0 Å². The smallest absolute Gasteiger partial charge is 0.317 e. The van der Waals surface area contributed by atoms with Crippen molar-refractivity contribution in [3.63, 3.8) is 0 Å². The van der Waals surface area contributed by atoms with Crippen LogP contribution in [-0.4, -0.2) is 46.5 Å².